The predicted octanol–water partition coefficient (Wildman–Crippen LogP) is 0.358. The van der Waals surface area contributed by atoms with Crippen molar-refractivity contribution in [3.63, 3.8) is 0 Å². The van der Waals surface area contributed by atoms with Crippen LogP contribution in [0, 0.1) is 4.91 Å². The van der Waals surface area contributed by atoms with Crippen LogP contribution in [0.1, 0.15) is 33.1 Å². The van der Waals surface area contributed by atoms with Gasteiger partial charge in [-0.3, -0.25) is 4.57 Å². The van der Waals surface area contributed by atoms with Gasteiger partial charge in [-0.05, 0) is 19.3 Å². The maximum Gasteiger partial charge on any atom is 0.330 e. The minimum Gasteiger partial charge on any atom is -0.388 e. The Kier molecular flexibility index (Phi) is 9.61. The lowest BCUT2D eigenvalue weighted by Crippen LogP contribution is -2.59. The standard InChI is InChI=1S/C14H28NO9P/c1-9(2)25(20,21)23-7-5-3-4-6-22-14-13(18)12(17)11(16)10(24-14)8-15-19/h9-14,16-18H,3-8H2,1-2H3,(H,20,21). The summed E-state index contributed by atoms with van der Waals surface area (Å²) in [5, 5.41) is 31.9. The summed E-state index contributed by atoms with van der Waals surface area (Å²) in [6.45, 7) is 3.23. The van der Waals surface area contributed by atoms with E-state index in [9.17, 15) is 29.7 Å². The molecule has 0 aliphatic carbocycles. The van der Waals surface area contributed by atoms with Crippen LogP contribution in [0.3, 0.4) is 0 Å². The van der Waals surface area contributed by atoms with Crippen LogP contribution < -0.4 is 0 Å². The summed E-state index contributed by atoms with van der Waals surface area (Å²) < 4.78 is 27.1. The fourth-order valence-electron chi connectivity index (χ4n) is 2.20. The molecule has 1 saturated heterocycles. The molecule has 4 N–H and O–H groups in total. The van der Waals surface area contributed by atoms with E-state index < -0.39 is 44.0 Å². The Morgan fingerprint density at radius 1 is 1.08 bits per heavy atom. The van der Waals surface area contributed by atoms with Crippen molar-refractivity contribution in [3.05, 3.63) is 4.91 Å². The fourth-order valence-corrected chi connectivity index (χ4v) is 2.89. The average Bonchev–Trinajstić information content (AvgIpc) is 2.55. The van der Waals surface area contributed by atoms with Crippen molar-refractivity contribution in [2.75, 3.05) is 19.8 Å². The van der Waals surface area contributed by atoms with Gasteiger partial charge in [0.1, 0.15) is 31.0 Å². The first-order valence-corrected chi connectivity index (χ1v) is 9.92. The zero-order valence-corrected chi connectivity index (χ0v) is 15.3. The first-order valence-electron chi connectivity index (χ1n) is 8.28. The van der Waals surface area contributed by atoms with Crippen LogP contribution in [0.4, 0.5) is 0 Å². The second kappa shape index (κ2) is 10.6. The molecule has 10 nitrogen and oxygen atoms in total. The molecule has 0 radical (unpaired) electrons. The fraction of sp³-hybridized carbons (Fsp3) is 1.00. The molecule has 1 aliphatic heterocycles. The lowest BCUT2D eigenvalue weighted by molar-refractivity contribution is -0.294. The Hall–Kier alpha value is -0.450. The van der Waals surface area contributed by atoms with Crippen LogP contribution in [0.15, 0.2) is 5.18 Å². The average molecular weight is 385 g/mol. The zero-order valence-electron chi connectivity index (χ0n) is 14.4. The molecule has 0 amide bonds. The SMILES string of the molecule is CC(C)P(=O)(O)OCCCCCOC1OC(CN=O)C(O)C(O)C1O. The lowest BCUT2D eigenvalue weighted by atomic mass is 9.99. The van der Waals surface area contributed by atoms with Crippen molar-refractivity contribution in [1.82, 2.24) is 0 Å². The van der Waals surface area contributed by atoms with E-state index in [0.717, 1.165) is 0 Å². The third kappa shape index (κ3) is 6.99. The smallest absolute Gasteiger partial charge is 0.330 e. The van der Waals surface area contributed by atoms with E-state index in [-0.39, 0.29) is 19.8 Å². The van der Waals surface area contributed by atoms with Crippen LogP contribution in [0.5, 0.6) is 0 Å². The van der Waals surface area contributed by atoms with Crippen LogP contribution in [0.25, 0.3) is 0 Å². The second-order valence-corrected chi connectivity index (χ2v) is 8.67. The Morgan fingerprint density at radius 3 is 2.32 bits per heavy atom. The molecule has 0 aromatic carbocycles. The Balaban J connectivity index is 2.24. The Labute approximate surface area is 146 Å². The van der Waals surface area contributed by atoms with Gasteiger partial charge in [-0.15, -0.1) is 0 Å². The lowest BCUT2D eigenvalue weighted by Gasteiger charge is -2.39. The molecular weight excluding hydrogens is 357 g/mol. The van der Waals surface area contributed by atoms with E-state index in [0.29, 0.717) is 19.3 Å². The van der Waals surface area contributed by atoms with E-state index in [1.165, 1.54) is 0 Å². The van der Waals surface area contributed by atoms with Crippen LogP contribution >= 0.6 is 7.60 Å². The molecule has 0 aromatic heterocycles. The minimum atomic E-state index is -3.55. The number of ether oxygens (including phenoxy) is 2. The second-order valence-electron chi connectivity index (χ2n) is 6.25. The molecule has 6 unspecified atom stereocenters. The normalized spacial score (nSPS) is 32.5. The number of rotatable bonds is 11. The summed E-state index contributed by atoms with van der Waals surface area (Å²) in [6.07, 6.45) is -4.76. The Bertz CT molecular complexity index is 450. The molecule has 0 bridgehead atoms. The Morgan fingerprint density at radius 2 is 1.72 bits per heavy atom. The third-order valence-corrected chi connectivity index (χ3v) is 5.78. The summed E-state index contributed by atoms with van der Waals surface area (Å²) in [6, 6.07) is 0. The molecule has 1 heterocycles. The van der Waals surface area contributed by atoms with Crippen molar-refractivity contribution in [1.29, 1.82) is 0 Å². The molecule has 1 aliphatic rings. The number of nitrogens with zero attached hydrogens (tertiary/aromatic N) is 1. The highest BCUT2D eigenvalue weighted by molar-refractivity contribution is 7.53. The molecule has 0 aromatic rings. The molecular formula is C14H28NO9P. The van der Waals surface area contributed by atoms with Crippen LogP contribution in [0.2, 0.25) is 0 Å². The molecule has 6 atom stereocenters. The molecule has 11 heteroatoms. The van der Waals surface area contributed by atoms with E-state index in [4.69, 9.17) is 14.0 Å². The molecule has 0 spiro atoms. The summed E-state index contributed by atoms with van der Waals surface area (Å²) in [5.41, 5.74) is -0.448. The number of aliphatic hydroxyl groups excluding tert-OH is 3. The van der Waals surface area contributed by atoms with Crippen molar-refractivity contribution < 1.29 is 38.8 Å². The van der Waals surface area contributed by atoms with Crippen molar-refractivity contribution in [2.45, 2.75) is 69.5 Å². The van der Waals surface area contributed by atoms with Gasteiger partial charge in [0, 0.05) is 6.61 Å². The van der Waals surface area contributed by atoms with E-state index in [1.54, 1.807) is 13.8 Å². The predicted molar refractivity (Wildman–Crippen MR) is 88.1 cm³/mol. The van der Waals surface area contributed by atoms with Gasteiger partial charge in [0.25, 0.3) is 0 Å². The van der Waals surface area contributed by atoms with Gasteiger partial charge in [-0.1, -0.05) is 19.0 Å². The molecule has 148 valence electrons. The van der Waals surface area contributed by atoms with Crippen molar-refractivity contribution in [3.8, 4) is 0 Å². The largest absolute Gasteiger partial charge is 0.388 e. The van der Waals surface area contributed by atoms with Gasteiger partial charge in [0.05, 0.1) is 12.3 Å². The summed E-state index contributed by atoms with van der Waals surface area (Å²) >= 11 is 0. The van der Waals surface area contributed by atoms with Gasteiger partial charge in [-0.2, -0.15) is 4.91 Å². The number of nitroso groups, excluding NO2 is 1. The van der Waals surface area contributed by atoms with Crippen LogP contribution in [-0.4, -0.2) is 76.3 Å². The summed E-state index contributed by atoms with van der Waals surface area (Å²) in [7, 11) is -3.55. The number of aliphatic hydroxyl groups is 3. The van der Waals surface area contributed by atoms with Crippen LogP contribution in [-0.2, 0) is 18.6 Å². The third-order valence-electron chi connectivity index (χ3n) is 3.92. The van der Waals surface area contributed by atoms with E-state index in [2.05, 4.69) is 5.18 Å². The topological polar surface area (TPSA) is 155 Å². The van der Waals surface area contributed by atoms with Gasteiger partial charge in [0.2, 0.25) is 0 Å². The first-order chi connectivity index (χ1) is 11.7. The van der Waals surface area contributed by atoms with Gasteiger partial charge in [0.15, 0.2) is 6.29 Å². The maximum absolute atomic E-state index is 11.6. The van der Waals surface area contributed by atoms with Gasteiger partial charge < -0.3 is 34.2 Å². The molecule has 1 rings (SSSR count). The number of hydrogen-bond donors (Lipinski definition) is 4. The van der Waals surface area contributed by atoms with Crippen molar-refractivity contribution >= 4 is 7.60 Å². The van der Waals surface area contributed by atoms with Gasteiger partial charge in [-0.25, -0.2) is 0 Å². The monoisotopic (exact) mass is 385 g/mol. The highest BCUT2D eigenvalue weighted by atomic mass is 31.2. The quantitative estimate of drug-likeness (QED) is 0.224. The minimum absolute atomic E-state index is 0.159. The number of hydrogen-bond acceptors (Lipinski definition) is 9. The van der Waals surface area contributed by atoms with Crippen molar-refractivity contribution in [2.24, 2.45) is 5.18 Å². The first kappa shape index (κ1) is 22.6. The maximum atomic E-state index is 11.6. The highest BCUT2D eigenvalue weighted by Crippen LogP contribution is 2.47. The summed E-state index contributed by atoms with van der Waals surface area (Å²) in [4.78, 5) is 19.8. The van der Waals surface area contributed by atoms with E-state index in [1.807, 2.05) is 0 Å². The summed E-state index contributed by atoms with van der Waals surface area (Å²) in [5.74, 6) is 0. The number of unbranched alkanes of at least 4 members (excludes halogenated alkanes) is 2. The van der Waals surface area contributed by atoms with E-state index >= 15 is 0 Å². The zero-order chi connectivity index (χ0) is 19.0. The van der Waals surface area contributed by atoms with Gasteiger partial charge >= 0.3 is 7.60 Å². The molecule has 25 heavy (non-hydrogen) atoms. The highest BCUT2D eigenvalue weighted by Gasteiger charge is 2.44. The molecule has 1 fully saturated rings. The molecule has 0 saturated carbocycles.